The summed E-state index contributed by atoms with van der Waals surface area (Å²) in [5.74, 6) is 0.259. The standard InChI is InChI=1S/C13H18ClNO5S2/c1-3-21-7-6-10(13(16)17)15-22(18,19)12-8-9(14)4-5-11(12)20-2/h4-5,8,10,15H,3,6-7H2,1-2H3,(H,16,17). The van der Waals surface area contributed by atoms with Crippen molar-refractivity contribution >= 4 is 39.4 Å². The summed E-state index contributed by atoms with van der Waals surface area (Å²) in [7, 11) is -2.73. The number of hydrogen-bond acceptors (Lipinski definition) is 5. The summed E-state index contributed by atoms with van der Waals surface area (Å²) in [5.41, 5.74) is 0. The number of halogens is 1. The van der Waals surface area contributed by atoms with E-state index in [-0.39, 0.29) is 22.1 Å². The number of carboxylic acids is 1. The third-order valence-electron chi connectivity index (χ3n) is 2.77. The molecule has 0 saturated heterocycles. The number of carbonyl (C=O) groups is 1. The number of rotatable bonds is 9. The van der Waals surface area contributed by atoms with Gasteiger partial charge in [0.25, 0.3) is 0 Å². The van der Waals surface area contributed by atoms with E-state index >= 15 is 0 Å². The van der Waals surface area contributed by atoms with Crippen LogP contribution in [0.25, 0.3) is 0 Å². The van der Waals surface area contributed by atoms with Crippen LogP contribution in [0.1, 0.15) is 13.3 Å². The zero-order valence-corrected chi connectivity index (χ0v) is 14.6. The average molecular weight is 368 g/mol. The van der Waals surface area contributed by atoms with Crippen LogP contribution < -0.4 is 9.46 Å². The van der Waals surface area contributed by atoms with Crippen molar-refractivity contribution in [1.29, 1.82) is 0 Å². The van der Waals surface area contributed by atoms with Gasteiger partial charge in [0, 0.05) is 5.02 Å². The molecule has 0 aliphatic rings. The van der Waals surface area contributed by atoms with Crippen LogP contribution >= 0.6 is 23.4 Å². The van der Waals surface area contributed by atoms with Crippen LogP contribution in [-0.2, 0) is 14.8 Å². The molecule has 0 spiro atoms. The van der Waals surface area contributed by atoms with Gasteiger partial charge in [-0.05, 0) is 36.1 Å². The number of hydrogen-bond donors (Lipinski definition) is 2. The van der Waals surface area contributed by atoms with Crippen LogP contribution in [-0.4, -0.2) is 44.2 Å². The molecule has 124 valence electrons. The Morgan fingerprint density at radius 2 is 2.18 bits per heavy atom. The molecule has 1 aromatic carbocycles. The zero-order valence-electron chi connectivity index (χ0n) is 12.2. The number of benzene rings is 1. The Hall–Kier alpha value is -0.960. The summed E-state index contributed by atoms with van der Waals surface area (Å²) in [4.78, 5) is 11.0. The molecule has 0 aliphatic heterocycles. The summed E-state index contributed by atoms with van der Waals surface area (Å²) < 4.78 is 32.0. The van der Waals surface area contributed by atoms with Crippen molar-refractivity contribution in [1.82, 2.24) is 4.72 Å². The van der Waals surface area contributed by atoms with Gasteiger partial charge in [-0.2, -0.15) is 16.5 Å². The van der Waals surface area contributed by atoms with Gasteiger partial charge in [-0.3, -0.25) is 4.79 Å². The molecule has 0 aliphatic carbocycles. The Morgan fingerprint density at radius 1 is 1.50 bits per heavy atom. The minimum absolute atomic E-state index is 0.101. The fraction of sp³-hybridized carbons (Fsp3) is 0.462. The second kappa shape index (κ2) is 8.61. The van der Waals surface area contributed by atoms with Crippen LogP contribution in [0.15, 0.2) is 23.1 Å². The first-order chi connectivity index (χ1) is 10.3. The van der Waals surface area contributed by atoms with Gasteiger partial charge in [-0.25, -0.2) is 8.42 Å². The molecule has 0 saturated carbocycles. The number of methoxy groups -OCH3 is 1. The van der Waals surface area contributed by atoms with Crippen molar-refractivity contribution in [2.75, 3.05) is 18.6 Å². The third kappa shape index (κ3) is 5.35. The lowest BCUT2D eigenvalue weighted by Gasteiger charge is -2.16. The maximum atomic E-state index is 12.4. The Balaban J connectivity index is 3.02. The molecule has 9 heteroatoms. The van der Waals surface area contributed by atoms with Crippen molar-refractivity contribution < 1.29 is 23.1 Å². The third-order valence-corrected chi connectivity index (χ3v) is 5.43. The maximum absolute atomic E-state index is 12.4. The highest BCUT2D eigenvalue weighted by molar-refractivity contribution is 7.99. The highest BCUT2D eigenvalue weighted by Gasteiger charge is 2.27. The lowest BCUT2D eigenvalue weighted by Crippen LogP contribution is -2.41. The van der Waals surface area contributed by atoms with E-state index in [1.165, 1.54) is 25.3 Å². The minimum Gasteiger partial charge on any atom is -0.495 e. The molecule has 0 bridgehead atoms. The fourth-order valence-corrected chi connectivity index (χ4v) is 4.04. The number of sulfonamides is 1. The van der Waals surface area contributed by atoms with Crippen LogP contribution in [0.5, 0.6) is 5.75 Å². The summed E-state index contributed by atoms with van der Waals surface area (Å²) in [5, 5.41) is 9.39. The lowest BCUT2D eigenvalue weighted by molar-refractivity contribution is -0.139. The van der Waals surface area contributed by atoms with Gasteiger partial charge in [-0.1, -0.05) is 18.5 Å². The van der Waals surface area contributed by atoms with Gasteiger partial charge in [0.05, 0.1) is 7.11 Å². The average Bonchev–Trinajstić information content (AvgIpc) is 2.46. The van der Waals surface area contributed by atoms with Crippen LogP contribution in [0.3, 0.4) is 0 Å². The van der Waals surface area contributed by atoms with Gasteiger partial charge in [-0.15, -0.1) is 0 Å². The first-order valence-electron chi connectivity index (χ1n) is 6.48. The molecule has 22 heavy (non-hydrogen) atoms. The van der Waals surface area contributed by atoms with E-state index in [9.17, 15) is 18.3 Å². The number of aliphatic carboxylic acids is 1. The van der Waals surface area contributed by atoms with Gasteiger partial charge in [0.2, 0.25) is 10.0 Å². The second-order valence-electron chi connectivity index (χ2n) is 4.29. The van der Waals surface area contributed by atoms with Gasteiger partial charge in [0.15, 0.2) is 0 Å². The second-order valence-corrected chi connectivity index (χ2v) is 7.81. The Bertz CT molecular complexity index is 621. The predicted molar refractivity (Wildman–Crippen MR) is 87.4 cm³/mol. The van der Waals surface area contributed by atoms with Crippen molar-refractivity contribution in [3.63, 3.8) is 0 Å². The normalized spacial score (nSPS) is 12.9. The van der Waals surface area contributed by atoms with E-state index in [1.807, 2.05) is 6.92 Å². The van der Waals surface area contributed by atoms with Crippen LogP contribution in [0.2, 0.25) is 5.02 Å². The maximum Gasteiger partial charge on any atom is 0.321 e. The molecule has 0 fully saturated rings. The molecular formula is C13H18ClNO5S2. The van der Waals surface area contributed by atoms with E-state index in [1.54, 1.807) is 11.8 Å². The zero-order chi connectivity index (χ0) is 16.8. The molecule has 0 heterocycles. The monoisotopic (exact) mass is 367 g/mol. The lowest BCUT2D eigenvalue weighted by atomic mass is 10.2. The molecule has 1 aromatic rings. The van der Waals surface area contributed by atoms with Crippen molar-refractivity contribution in [2.24, 2.45) is 0 Å². The first-order valence-corrected chi connectivity index (χ1v) is 9.49. The number of ether oxygens (including phenoxy) is 1. The minimum atomic E-state index is -4.06. The first kappa shape index (κ1) is 19.1. The molecule has 0 amide bonds. The molecule has 1 rings (SSSR count). The van der Waals surface area contributed by atoms with Crippen molar-refractivity contribution in [3.8, 4) is 5.75 Å². The summed E-state index contributed by atoms with van der Waals surface area (Å²) in [6, 6.07) is 2.93. The molecular weight excluding hydrogens is 350 g/mol. The largest absolute Gasteiger partial charge is 0.495 e. The molecule has 1 unspecified atom stereocenters. The molecule has 0 radical (unpaired) electrons. The highest BCUT2D eigenvalue weighted by atomic mass is 35.5. The van der Waals surface area contributed by atoms with Crippen LogP contribution in [0, 0.1) is 0 Å². The summed E-state index contributed by atoms with van der Waals surface area (Å²) >= 11 is 7.36. The Labute approximate surface area is 139 Å². The van der Waals surface area contributed by atoms with E-state index in [2.05, 4.69) is 4.72 Å². The van der Waals surface area contributed by atoms with Gasteiger partial charge in [0.1, 0.15) is 16.7 Å². The fourth-order valence-electron chi connectivity index (χ4n) is 1.69. The topological polar surface area (TPSA) is 92.7 Å². The van der Waals surface area contributed by atoms with Gasteiger partial charge < -0.3 is 9.84 Å². The highest BCUT2D eigenvalue weighted by Crippen LogP contribution is 2.27. The number of thioether (sulfide) groups is 1. The molecule has 0 aromatic heterocycles. The summed E-state index contributed by atoms with van der Waals surface area (Å²) in [6.45, 7) is 1.95. The predicted octanol–water partition coefficient (Wildman–Crippen LogP) is 2.22. The number of carboxylic acid groups (broad SMARTS) is 1. The van der Waals surface area contributed by atoms with Crippen molar-refractivity contribution in [2.45, 2.75) is 24.3 Å². The van der Waals surface area contributed by atoms with E-state index < -0.39 is 22.0 Å². The van der Waals surface area contributed by atoms with E-state index in [4.69, 9.17) is 16.3 Å². The van der Waals surface area contributed by atoms with Crippen molar-refractivity contribution in [3.05, 3.63) is 23.2 Å². The SMILES string of the molecule is CCSCCC(NS(=O)(=O)c1cc(Cl)ccc1OC)C(=O)O. The van der Waals surface area contributed by atoms with E-state index in [0.29, 0.717) is 5.75 Å². The Morgan fingerprint density at radius 3 is 2.73 bits per heavy atom. The van der Waals surface area contributed by atoms with Crippen LogP contribution in [0.4, 0.5) is 0 Å². The molecule has 2 N–H and O–H groups in total. The van der Waals surface area contributed by atoms with Gasteiger partial charge >= 0.3 is 5.97 Å². The van der Waals surface area contributed by atoms with E-state index in [0.717, 1.165) is 5.75 Å². The number of nitrogens with one attached hydrogen (secondary N) is 1. The molecule has 1 atom stereocenters. The molecule has 6 nitrogen and oxygen atoms in total. The Kier molecular flexibility index (Phi) is 7.47. The summed E-state index contributed by atoms with van der Waals surface area (Å²) in [6.07, 6.45) is 0.190. The quantitative estimate of drug-likeness (QED) is 0.650. The smallest absolute Gasteiger partial charge is 0.321 e.